The second-order valence-electron chi connectivity index (χ2n) is 13.8. The summed E-state index contributed by atoms with van der Waals surface area (Å²) in [4.78, 5) is 70.4. The molecule has 258 valence electrons. The lowest BCUT2D eigenvalue weighted by molar-refractivity contribution is -0.156. The lowest BCUT2D eigenvalue weighted by Gasteiger charge is -2.43. The van der Waals surface area contributed by atoms with Gasteiger partial charge in [-0.25, -0.2) is 4.79 Å². The number of thioether (sulfide) groups is 1. The van der Waals surface area contributed by atoms with Crippen molar-refractivity contribution in [3.63, 3.8) is 0 Å². The van der Waals surface area contributed by atoms with Gasteiger partial charge in [-0.15, -0.1) is 11.8 Å². The lowest BCUT2D eigenvalue weighted by Crippen LogP contribution is -2.47. The van der Waals surface area contributed by atoms with Crippen molar-refractivity contribution in [3.05, 3.63) is 68.1 Å². The van der Waals surface area contributed by atoms with E-state index in [0.29, 0.717) is 30.2 Å². The number of aryl methyl sites for hydroxylation is 1. The standard InChI is InChI=1S/C36H39N3O8S2/c1-5-46-24-13-18(8-11-23(24)47-15-25(40)37-19-9-6-17(4)7-10-19)26-27-20-14-21(30(27)48-32-31(26)49-36(45)38-32)29-28(20)33(41)39(34(29)42)22(35(43)44)12-16(2)3/h6-11,13,16,20-22,26-30H,5,12,14-15H2,1-4H3,(H,37,40)(H,38,45)(H,43,44)/t20?,21?,22?,26-,27?,28?,29?,30?/m1/s1. The van der Waals surface area contributed by atoms with Crippen LogP contribution in [0.15, 0.2) is 52.3 Å². The van der Waals surface area contributed by atoms with Crippen LogP contribution in [-0.4, -0.2) is 63.2 Å². The normalized spacial score (nSPS) is 27.1. The Balaban J connectivity index is 1.19. The van der Waals surface area contributed by atoms with Crippen molar-refractivity contribution in [1.82, 2.24) is 9.88 Å². The molecule has 2 aromatic carbocycles. The van der Waals surface area contributed by atoms with Gasteiger partial charge in [0.1, 0.15) is 6.04 Å². The number of anilines is 1. The summed E-state index contributed by atoms with van der Waals surface area (Å²) in [5, 5.41) is 13.6. The molecule has 1 aromatic heterocycles. The summed E-state index contributed by atoms with van der Waals surface area (Å²) in [6.45, 7) is 7.72. The molecule has 3 heterocycles. The van der Waals surface area contributed by atoms with E-state index in [1.807, 2.05) is 64.1 Å². The summed E-state index contributed by atoms with van der Waals surface area (Å²) in [6, 6.07) is 11.9. The number of H-pyrrole nitrogens is 1. The maximum atomic E-state index is 14.0. The van der Waals surface area contributed by atoms with Crippen LogP contribution in [0.4, 0.5) is 5.69 Å². The first-order valence-electron chi connectivity index (χ1n) is 16.7. The zero-order valence-corrected chi connectivity index (χ0v) is 29.3. The number of aromatic amines is 1. The highest BCUT2D eigenvalue weighted by molar-refractivity contribution is 8.00. The number of aromatic nitrogens is 1. The van der Waals surface area contributed by atoms with Gasteiger partial charge in [0.05, 0.1) is 23.5 Å². The number of carboxylic acids is 1. The van der Waals surface area contributed by atoms with E-state index < -0.39 is 23.8 Å². The molecule has 4 aliphatic rings. The second-order valence-corrected chi connectivity index (χ2v) is 16.0. The molecule has 3 fully saturated rings. The largest absolute Gasteiger partial charge is 0.490 e. The summed E-state index contributed by atoms with van der Waals surface area (Å²) in [5.74, 6) is -3.14. The fourth-order valence-electron chi connectivity index (χ4n) is 8.57. The Bertz CT molecular complexity index is 1870. The Morgan fingerprint density at radius 2 is 1.73 bits per heavy atom. The Morgan fingerprint density at radius 1 is 1.02 bits per heavy atom. The van der Waals surface area contributed by atoms with E-state index >= 15 is 0 Å². The fraction of sp³-hybridized carbons (Fsp3) is 0.472. The predicted octanol–water partition coefficient (Wildman–Crippen LogP) is 5.13. The van der Waals surface area contributed by atoms with Crippen LogP contribution >= 0.6 is 23.1 Å². The number of likely N-dealkylation sites (tertiary alicyclic amines) is 1. The van der Waals surface area contributed by atoms with Crippen LogP contribution in [0.25, 0.3) is 0 Å². The van der Waals surface area contributed by atoms with Crippen LogP contribution in [0.3, 0.4) is 0 Å². The average molecular weight is 706 g/mol. The van der Waals surface area contributed by atoms with Crippen LogP contribution in [-0.2, 0) is 19.2 Å². The molecule has 0 spiro atoms. The van der Waals surface area contributed by atoms with E-state index in [-0.39, 0.29) is 70.5 Å². The highest BCUT2D eigenvalue weighted by Gasteiger charge is 2.70. The maximum absolute atomic E-state index is 14.0. The number of nitrogens with one attached hydrogen (secondary N) is 2. The van der Waals surface area contributed by atoms with E-state index in [9.17, 15) is 29.1 Å². The minimum Gasteiger partial charge on any atom is -0.490 e. The zero-order chi connectivity index (χ0) is 34.7. The molecule has 2 saturated carbocycles. The highest BCUT2D eigenvalue weighted by atomic mass is 32.2. The van der Waals surface area contributed by atoms with Crippen LogP contribution in [0.5, 0.6) is 11.5 Å². The Labute approximate surface area is 291 Å². The van der Waals surface area contributed by atoms with Gasteiger partial charge in [0.25, 0.3) is 5.91 Å². The number of ether oxygens (including phenoxy) is 2. The third-order valence-electron chi connectivity index (χ3n) is 10.4. The molecule has 3 aromatic rings. The number of rotatable bonds is 11. The molecule has 1 saturated heterocycles. The van der Waals surface area contributed by atoms with E-state index in [0.717, 1.165) is 37.3 Å². The van der Waals surface area contributed by atoms with Crippen molar-refractivity contribution in [2.24, 2.45) is 35.5 Å². The van der Waals surface area contributed by atoms with E-state index in [1.165, 1.54) is 0 Å². The van der Waals surface area contributed by atoms with Gasteiger partial charge in [-0.2, -0.15) is 0 Å². The molecule has 8 atom stereocenters. The minimum absolute atomic E-state index is 0.0109. The molecule has 7 rings (SSSR count). The van der Waals surface area contributed by atoms with Crippen molar-refractivity contribution in [2.75, 3.05) is 18.5 Å². The van der Waals surface area contributed by atoms with E-state index in [4.69, 9.17) is 9.47 Å². The lowest BCUT2D eigenvalue weighted by atomic mass is 9.68. The fourth-order valence-corrected chi connectivity index (χ4v) is 11.5. The molecule has 0 radical (unpaired) electrons. The van der Waals surface area contributed by atoms with Gasteiger partial charge in [-0.1, -0.05) is 48.9 Å². The third kappa shape index (κ3) is 5.84. The second kappa shape index (κ2) is 13.0. The summed E-state index contributed by atoms with van der Waals surface area (Å²) in [6.07, 6.45) is 0.892. The van der Waals surface area contributed by atoms with Crippen LogP contribution in [0, 0.1) is 42.4 Å². The predicted molar refractivity (Wildman–Crippen MR) is 184 cm³/mol. The number of amides is 3. The zero-order valence-electron chi connectivity index (χ0n) is 27.6. The third-order valence-corrected chi connectivity index (χ3v) is 13.0. The Morgan fingerprint density at radius 3 is 2.41 bits per heavy atom. The molecule has 3 N–H and O–H groups in total. The topological polar surface area (TPSA) is 155 Å². The van der Waals surface area contributed by atoms with Gasteiger partial charge >= 0.3 is 10.8 Å². The summed E-state index contributed by atoms with van der Waals surface area (Å²) >= 11 is 2.73. The number of hydrogen-bond donors (Lipinski definition) is 3. The molecular formula is C36H39N3O8S2. The van der Waals surface area contributed by atoms with E-state index in [2.05, 4.69) is 10.3 Å². The Kier molecular flexibility index (Phi) is 8.85. The number of hydrogen-bond acceptors (Lipinski definition) is 9. The number of carboxylic acid groups (broad SMARTS) is 1. The molecule has 13 heteroatoms. The molecule has 7 unspecified atom stereocenters. The number of carbonyl (C=O) groups excluding carboxylic acids is 3. The van der Waals surface area contributed by atoms with Crippen molar-refractivity contribution in [1.29, 1.82) is 0 Å². The van der Waals surface area contributed by atoms with Crippen LogP contribution < -0.4 is 19.7 Å². The number of carbonyl (C=O) groups is 4. The van der Waals surface area contributed by atoms with E-state index in [1.54, 1.807) is 17.8 Å². The molecule has 2 bridgehead atoms. The quantitative estimate of drug-likeness (QED) is 0.230. The Hall–Kier alpha value is -4.10. The minimum atomic E-state index is -1.19. The number of imide groups is 1. The van der Waals surface area contributed by atoms with Gasteiger partial charge < -0.3 is 24.9 Å². The molecular weight excluding hydrogens is 667 g/mol. The highest BCUT2D eigenvalue weighted by Crippen LogP contribution is 2.68. The molecule has 2 aliphatic heterocycles. The number of nitrogens with zero attached hydrogens (tertiary/aromatic N) is 1. The number of thiazole rings is 1. The number of fused-ring (bicyclic) bond motifs is 9. The smallest absolute Gasteiger partial charge is 0.326 e. The van der Waals surface area contributed by atoms with Gasteiger partial charge in [0.15, 0.2) is 18.1 Å². The monoisotopic (exact) mass is 705 g/mol. The SMILES string of the molecule is CCOc1cc([C@H]2c3sc(=O)[nH]c3SC3C4CC(C5C(=O)N(C(CC(C)C)C(=O)O)C(=O)C45)C32)ccc1OCC(=O)Nc1ccc(C)cc1. The first kappa shape index (κ1) is 33.4. The van der Waals surface area contributed by atoms with Gasteiger partial charge in [-0.3, -0.25) is 24.1 Å². The van der Waals surface area contributed by atoms with Crippen LogP contribution in [0.2, 0.25) is 0 Å². The first-order valence-corrected chi connectivity index (χ1v) is 18.4. The maximum Gasteiger partial charge on any atom is 0.326 e. The summed E-state index contributed by atoms with van der Waals surface area (Å²) in [7, 11) is 0. The van der Waals surface area contributed by atoms with Gasteiger partial charge in [0.2, 0.25) is 11.8 Å². The van der Waals surface area contributed by atoms with Gasteiger partial charge in [0, 0.05) is 21.7 Å². The molecule has 2 aliphatic carbocycles. The number of benzene rings is 2. The van der Waals surface area contributed by atoms with Gasteiger partial charge in [-0.05, 0) is 80.2 Å². The van der Waals surface area contributed by atoms with Crippen molar-refractivity contribution < 1.29 is 33.8 Å². The molecule has 49 heavy (non-hydrogen) atoms. The van der Waals surface area contributed by atoms with Crippen molar-refractivity contribution >= 4 is 52.5 Å². The first-order chi connectivity index (χ1) is 23.5. The van der Waals surface area contributed by atoms with Crippen molar-refractivity contribution in [2.45, 2.75) is 62.8 Å². The summed E-state index contributed by atoms with van der Waals surface area (Å²) < 4.78 is 11.9. The summed E-state index contributed by atoms with van der Waals surface area (Å²) in [5.41, 5.74) is 2.64. The van der Waals surface area contributed by atoms with Crippen LogP contribution in [0.1, 0.15) is 55.5 Å². The molecule has 3 amide bonds. The number of aliphatic carboxylic acids is 1. The average Bonchev–Trinajstić information content (AvgIpc) is 3.79. The molecule has 11 nitrogen and oxygen atoms in total. The van der Waals surface area contributed by atoms with Crippen molar-refractivity contribution in [3.8, 4) is 11.5 Å².